The third-order valence-electron chi connectivity index (χ3n) is 6.67. The molecule has 3 fully saturated rings. The topological polar surface area (TPSA) is 102 Å². The van der Waals surface area contributed by atoms with Crippen LogP contribution in [0.4, 0.5) is 17.6 Å². The van der Waals surface area contributed by atoms with Crippen LogP contribution in [0.3, 0.4) is 0 Å². The smallest absolute Gasteiger partial charge is 0.328 e. The number of anilines is 3. The fourth-order valence-corrected chi connectivity index (χ4v) is 5.87. The van der Waals surface area contributed by atoms with E-state index in [9.17, 15) is 4.79 Å². The number of carbonyl (C=O) groups is 1. The largest absolute Gasteiger partial charge is 0.493 e. The number of thioether (sulfide) groups is 1. The van der Waals surface area contributed by atoms with Crippen molar-refractivity contribution in [1.82, 2.24) is 15.0 Å². The number of aromatic nitrogens is 3. The minimum absolute atomic E-state index is 0.165. The van der Waals surface area contributed by atoms with Crippen LogP contribution in [-0.4, -0.2) is 84.9 Å². The molecule has 6 rings (SSSR count). The zero-order chi connectivity index (χ0) is 28.2. The van der Waals surface area contributed by atoms with Crippen LogP contribution in [0.5, 0.6) is 17.5 Å². The second-order valence-electron chi connectivity index (χ2n) is 9.28. The van der Waals surface area contributed by atoms with Crippen molar-refractivity contribution in [2.45, 2.75) is 0 Å². The summed E-state index contributed by atoms with van der Waals surface area (Å²) in [6.07, 6.45) is 1.80. The first-order chi connectivity index (χ1) is 20.1. The molecule has 0 radical (unpaired) electrons. The van der Waals surface area contributed by atoms with Crippen LogP contribution < -0.4 is 24.2 Å². The number of methoxy groups -OCH3 is 1. The molecule has 4 heterocycles. The molecule has 11 nitrogen and oxygen atoms in total. The van der Waals surface area contributed by atoms with Crippen molar-refractivity contribution in [2.24, 2.45) is 0 Å². The lowest BCUT2D eigenvalue weighted by Gasteiger charge is -2.30. The van der Waals surface area contributed by atoms with Crippen LogP contribution in [0.15, 0.2) is 53.4 Å². The Bertz CT molecular complexity index is 1430. The molecule has 0 N–H and O–H groups in total. The third-order valence-corrected chi connectivity index (χ3v) is 7.98. The van der Waals surface area contributed by atoms with E-state index in [1.807, 2.05) is 36.4 Å². The summed E-state index contributed by atoms with van der Waals surface area (Å²) < 4.78 is 23.3. The molecular weight excluding hydrogens is 564 g/mol. The molecule has 13 heteroatoms. The van der Waals surface area contributed by atoms with E-state index in [4.69, 9.17) is 36.1 Å². The molecule has 1 aromatic heterocycles. The number of morpholine rings is 2. The number of amides is 1. The number of benzene rings is 2. The Morgan fingerprint density at radius 2 is 1.51 bits per heavy atom. The number of carbonyl (C=O) groups excluding carboxylic acids is 1. The quantitative estimate of drug-likeness (QED) is 0.295. The Balaban J connectivity index is 1.26. The number of thiocarbonyl (C=S) groups is 1. The highest BCUT2D eigenvalue weighted by atomic mass is 32.2. The number of ether oxygens (including phenoxy) is 4. The van der Waals surface area contributed by atoms with Crippen molar-refractivity contribution in [1.29, 1.82) is 0 Å². The lowest BCUT2D eigenvalue weighted by molar-refractivity contribution is -0.113. The van der Waals surface area contributed by atoms with E-state index >= 15 is 0 Å². The predicted octanol–water partition coefficient (Wildman–Crippen LogP) is 3.75. The zero-order valence-corrected chi connectivity index (χ0v) is 24.0. The van der Waals surface area contributed by atoms with Gasteiger partial charge in [0.25, 0.3) is 5.91 Å². The van der Waals surface area contributed by atoms with E-state index in [1.165, 1.54) is 11.8 Å². The molecular formula is C28H28N6O5S2. The van der Waals surface area contributed by atoms with Crippen LogP contribution in [0.1, 0.15) is 5.56 Å². The van der Waals surface area contributed by atoms with Gasteiger partial charge in [0, 0.05) is 26.2 Å². The van der Waals surface area contributed by atoms with Gasteiger partial charge in [-0.05, 0) is 35.9 Å². The molecule has 41 heavy (non-hydrogen) atoms. The molecule has 1 amide bonds. The summed E-state index contributed by atoms with van der Waals surface area (Å²) in [5.41, 5.74) is 1.51. The van der Waals surface area contributed by atoms with Crippen molar-refractivity contribution < 1.29 is 23.7 Å². The van der Waals surface area contributed by atoms with Crippen molar-refractivity contribution in [3.63, 3.8) is 0 Å². The maximum absolute atomic E-state index is 13.2. The average Bonchev–Trinajstić information content (AvgIpc) is 3.30. The normalized spacial score (nSPS) is 18.8. The molecule has 0 aliphatic carbocycles. The lowest BCUT2D eigenvalue weighted by atomic mass is 10.2. The Kier molecular flexibility index (Phi) is 8.28. The summed E-state index contributed by atoms with van der Waals surface area (Å²) in [6.45, 7) is 5.15. The van der Waals surface area contributed by atoms with Crippen molar-refractivity contribution in [3.8, 4) is 17.5 Å². The van der Waals surface area contributed by atoms with Gasteiger partial charge in [-0.15, -0.1) is 0 Å². The van der Waals surface area contributed by atoms with Gasteiger partial charge in [0.15, 0.2) is 15.8 Å². The highest BCUT2D eigenvalue weighted by molar-refractivity contribution is 8.27. The summed E-state index contributed by atoms with van der Waals surface area (Å²) in [4.78, 5) is 33.3. The van der Waals surface area contributed by atoms with Crippen LogP contribution in [0.25, 0.3) is 6.08 Å². The first-order valence-electron chi connectivity index (χ1n) is 13.2. The molecule has 0 spiro atoms. The number of nitrogens with zero attached hydrogens (tertiary/aromatic N) is 6. The molecule has 0 unspecified atom stereocenters. The van der Waals surface area contributed by atoms with Crippen LogP contribution in [0, 0.1) is 0 Å². The molecule has 3 aliphatic rings. The first-order valence-corrected chi connectivity index (χ1v) is 14.4. The molecule has 3 aromatic rings. The first kappa shape index (κ1) is 27.4. The van der Waals surface area contributed by atoms with Gasteiger partial charge in [-0.25, -0.2) is 0 Å². The van der Waals surface area contributed by atoms with Gasteiger partial charge in [0.1, 0.15) is 0 Å². The number of para-hydroxylation sites is 1. The van der Waals surface area contributed by atoms with Gasteiger partial charge in [-0.1, -0.05) is 48.2 Å². The molecule has 0 atom stereocenters. The number of hydrogen-bond acceptors (Lipinski definition) is 12. The maximum atomic E-state index is 13.2. The Morgan fingerprint density at radius 1 is 0.878 bits per heavy atom. The monoisotopic (exact) mass is 592 g/mol. The fraction of sp³-hybridized carbons (Fsp3) is 0.321. The Labute approximate surface area is 247 Å². The summed E-state index contributed by atoms with van der Waals surface area (Å²) in [6, 6.07) is 15.0. The molecule has 3 saturated heterocycles. The second-order valence-corrected chi connectivity index (χ2v) is 11.0. The number of hydrogen-bond donors (Lipinski definition) is 0. The van der Waals surface area contributed by atoms with Crippen molar-refractivity contribution >= 4 is 57.9 Å². The molecule has 0 saturated carbocycles. The fourth-order valence-electron chi connectivity index (χ4n) is 4.57. The zero-order valence-electron chi connectivity index (χ0n) is 22.4. The summed E-state index contributed by atoms with van der Waals surface area (Å²) in [5.74, 6) is 1.82. The van der Waals surface area contributed by atoms with Gasteiger partial charge in [0.2, 0.25) is 11.9 Å². The van der Waals surface area contributed by atoms with Crippen molar-refractivity contribution in [2.75, 3.05) is 74.4 Å². The van der Waals surface area contributed by atoms with Crippen LogP contribution >= 0.6 is 24.0 Å². The summed E-state index contributed by atoms with van der Waals surface area (Å²) >= 11 is 6.76. The van der Waals surface area contributed by atoms with Gasteiger partial charge >= 0.3 is 6.01 Å². The van der Waals surface area contributed by atoms with Gasteiger partial charge < -0.3 is 28.7 Å². The van der Waals surface area contributed by atoms with E-state index in [-0.39, 0.29) is 11.9 Å². The number of rotatable bonds is 7. The molecule has 0 bridgehead atoms. The molecule has 212 valence electrons. The highest BCUT2D eigenvalue weighted by Gasteiger charge is 2.33. The summed E-state index contributed by atoms with van der Waals surface area (Å²) in [7, 11) is 1.56. The molecule has 2 aromatic carbocycles. The lowest BCUT2D eigenvalue weighted by Crippen LogP contribution is -2.40. The Hall–Kier alpha value is -3.78. The SMILES string of the molecule is COc1cc(C=C2SC(=S)N(c3ccccc3)C2=O)ccc1Oc1nc(N2CCOCC2)nc(N2CCOCC2)n1. The highest BCUT2D eigenvalue weighted by Crippen LogP contribution is 2.38. The van der Waals surface area contributed by atoms with Crippen LogP contribution in [0.2, 0.25) is 0 Å². The van der Waals surface area contributed by atoms with E-state index in [0.29, 0.717) is 85.2 Å². The van der Waals surface area contributed by atoms with E-state index in [2.05, 4.69) is 19.8 Å². The Morgan fingerprint density at radius 3 is 2.12 bits per heavy atom. The predicted molar refractivity (Wildman–Crippen MR) is 161 cm³/mol. The van der Waals surface area contributed by atoms with Crippen molar-refractivity contribution in [3.05, 3.63) is 59.0 Å². The minimum Gasteiger partial charge on any atom is -0.493 e. The minimum atomic E-state index is -0.165. The standard InChI is InChI=1S/C28H28N6O5S2/c1-36-22-17-19(18-23-24(35)34(28(40)41-23)20-5-3-2-4-6-20)7-8-21(22)39-27-30-25(32-9-13-37-14-10-32)29-26(31-27)33-11-15-38-16-12-33/h2-8,17-18H,9-16H2,1H3. The third kappa shape index (κ3) is 6.12. The van der Waals surface area contributed by atoms with Crippen LogP contribution in [-0.2, 0) is 14.3 Å². The molecule has 3 aliphatic heterocycles. The summed E-state index contributed by atoms with van der Waals surface area (Å²) in [5, 5.41) is 0. The van der Waals surface area contributed by atoms with Gasteiger partial charge in [0.05, 0.1) is 44.1 Å². The van der Waals surface area contributed by atoms with Gasteiger partial charge in [-0.2, -0.15) is 15.0 Å². The average molecular weight is 593 g/mol. The maximum Gasteiger partial charge on any atom is 0.328 e. The van der Waals surface area contributed by atoms with E-state index < -0.39 is 0 Å². The second kappa shape index (κ2) is 12.4. The van der Waals surface area contributed by atoms with E-state index in [0.717, 1.165) is 11.3 Å². The van der Waals surface area contributed by atoms with Gasteiger partial charge in [-0.3, -0.25) is 9.69 Å². The van der Waals surface area contributed by atoms with E-state index in [1.54, 1.807) is 30.2 Å².